The number of phenolic OH excluding ortho intramolecular Hbond substituents is 1. The van der Waals surface area contributed by atoms with Gasteiger partial charge < -0.3 is 20.1 Å². The summed E-state index contributed by atoms with van der Waals surface area (Å²) in [6, 6.07) is 5.00. The second-order valence-electron chi connectivity index (χ2n) is 5.37. The third kappa shape index (κ3) is 1.89. The zero-order chi connectivity index (χ0) is 12.8. The monoisotopic (exact) mass is 235 g/mol. The van der Waals surface area contributed by atoms with Crippen LogP contribution in [0, 0.1) is 0 Å². The number of hydrogen-bond acceptors (Lipinski definition) is 4. The molecule has 0 aliphatic carbocycles. The first kappa shape index (κ1) is 12.3. The summed E-state index contributed by atoms with van der Waals surface area (Å²) in [4.78, 5) is 0. The van der Waals surface area contributed by atoms with Gasteiger partial charge in [-0.25, -0.2) is 0 Å². The van der Waals surface area contributed by atoms with E-state index in [4.69, 9.17) is 15.0 Å². The van der Waals surface area contributed by atoms with Crippen LogP contribution >= 0.6 is 0 Å². The first-order chi connectivity index (χ1) is 7.74. The second kappa shape index (κ2) is 3.65. The quantitative estimate of drug-likeness (QED) is 0.568. The predicted molar refractivity (Wildman–Crippen MR) is 68.2 cm³/mol. The number of hydrogen-bond donors (Lipinski definition) is 2. The van der Waals surface area contributed by atoms with Gasteiger partial charge in [-0.15, -0.1) is 0 Å². The Morgan fingerprint density at radius 1 is 1.12 bits per heavy atom. The Kier molecular flexibility index (Phi) is 2.63. The molecule has 17 heavy (non-hydrogen) atoms. The van der Waals surface area contributed by atoms with Gasteiger partial charge in [0.1, 0.15) is 5.75 Å². The van der Waals surface area contributed by atoms with Gasteiger partial charge in [0.2, 0.25) is 0 Å². The van der Waals surface area contributed by atoms with Crippen molar-refractivity contribution < 1.29 is 14.4 Å². The molecule has 0 aromatic heterocycles. The third-order valence-electron chi connectivity index (χ3n) is 3.61. The van der Waals surface area contributed by atoms with Crippen LogP contribution in [0.5, 0.6) is 5.75 Å². The Hall–Kier alpha value is -1.20. The average Bonchev–Trinajstić information content (AvgIpc) is 2.35. The molecule has 1 heterocycles. The summed E-state index contributed by atoms with van der Waals surface area (Å²) in [6.07, 6.45) is 0. The molecule has 5 heteroatoms. The minimum atomic E-state index is -0.624. The summed E-state index contributed by atoms with van der Waals surface area (Å²) in [5.41, 5.74) is 5.96. The zero-order valence-corrected chi connectivity index (χ0v) is 10.7. The van der Waals surface area contributed by atoms with Gasteiger partial charge in [-0.3, -0.25) is 0 Å². The molecule has 1 aliphatic rings. The van der Waals surface area contributed by atoms with Crippen LogP contribution in [0.25, 0.3) is 0 Å². The van der Waals surface area contributed by atoms with E-state index in [1.165, 1.54) is 0 Å². The van der Waals surface area contributed by atoms with Crippen LogP contribution < -0.4 is 11.2 Å². The van der Waals surface area contributed by atoms with Gasteiger partial charge >= 0.3 is 7.12 Å². The molecule has 1 fully saturated rings. The van der Waals surface area contributed by atoms with Crippen molar-refractivity contribution in [1.82, 2.24) is 0 Å². The number of phenols is 1. The summed E-state index contributed by atoms with van der Waals surface area (Å²) in [5.74, 6) is 0.100. The van der Waals surface area contributed by atoms with E-state index < -0.39 is 18.3 Å². The van der Waals surface area contributed by atoms with Crippen molar-refractivity contribution in [2.75, 3.05) is 5.73 Å². The topological polar surface area (TPSA) is 64.7 Å². The lowest BCUT2D eigenvalue weighted by molar-refractivity contribution is 0.00578. The number of nitrogen functional groups attached to an aromatic ring is 1. The van der Waals surface area contributed by atoms with Crippen molar-refractivity contribution >= 4 is 18.3 Å². The summed E-state index contributed by atoms with van der Waals surface area (Å²) in [5, 5.41) is 9.85. The van der Waals surface area contributed by atoms with Crippen LogP contribution in [0.15, 0.2) is 18.2 Å². The van der Waals surface area contributed by atoms with E-state index in [-0.39, 0.29) is 5.75 Å². The lowest BCUT2D eigenvalue weighted by atomic mass is 9.77. The zero-order valence-electron chi connectivity index (χ0n) is 10.7. The highest BCUT2D eigenvalue weighted by Gasteiger charge is 2.52. The Labute approximate surface area is 102 Å². The Morgan fingerprint density at radius 3 is 2.12 bits per heavy atom. The summed E-state index contributed by atoms with van der Waals surface area (Å²) in [6.45, 7) is 7.85. The van der Waals surface area contributed by atoms with E-state index in [0.717, 1.165) is 0 Å². The number of rotatable bonds is 1. The van der Waals surface area contributed by atoms with Crippen LogP contribution in [0.2, 0.25) is 0 Å². The molecule has 0 saturated carbocycles. The minimum Gasteiger partial charge on any atom is -0.508 e. The van der Waals surface area contributed by atoms with E-state index in [9.17, 15) is 5.11 Å². The highest BCUT2D eigenvalue weighted by molar-refractivity contribution is 6.64. The standard InChI is InChI=1S/C12H18BNO3/c1-11(2)12(3,4)17-13(16-11)10-8(14)6-5-7-9(10)15/h5-7,15H,14H2,1-4H3. The molecule has 1 aromatic carbocycles. The largest absolute Gasteiger partial charge is 0.508 e. The number of benzene rings is 1. The van der Waals surface area contributed by atoms with Gasteiger partial charge in [0.25, 0.3) is 0 Å². The van der Waals surface area contributed by atoms with Crippen molar-refractivity contribution in [3.05, 3.63) is 18.2 Å². The highest BCUT2D eigenvalue weighted by Crippen LogP contribution is 2.37. The van der Waals surface area contributed by atoms with Gasteiger partial charge in [-0.2, -0.15) is 0 Å². The molecule has 1 aromatic rings. The SMILES string of the molecule is CC1(C)OB(c2c(N)cccc2O)OC1(C)C. The molecule has 0 amide bonds. The van der Waals surface area contributed by atoms with Crippen molar-refractivity contribution in [3.63, 3.8) is 0 Å². The molecule has 0 bridgehead atoms. The fraction of sp³-hybridized carbons (Fsp3) is 0.500. The molecular formula is C12H18BNO3. The van der Waals surface area contributed by atoms with Crippen molar-refractivity contribution in [3.8, 4) is 5.75 Å². The number of aromatic hydroxyl groups is 1. The molecule has 0 unspecified atom stereocenters. The normalized spacial score (nSPS) is 21.8. The Balaban J connectivity index is 2.39. The predicted octanol–water partition coefficient (Wildman–Crippen LogP) is 1.27. The van der Waals surface area contributed by atoms with Crippen LogP contribution in [-0.2, 0) is 9.31 Å². The molecule has 1 saturated heterocycles. The summed E-state index contributed by atoms with van der Waals surface area (Å²) < 4.78 is 11.7. The maximum atomic E-state index is 9.85. The van der Waals surface area contributed by atoms with Gasteiger partial charge in [-0.05, 0) is 39.8 Å². The maximum absolute atomic E-state index is 9.85. The lowest BCUT2D eigenvalue weighted by Gasteiger charge is -2.32. The smallest absolute Gasteiger partial charge is 0.500 e. The number of nitrogens with two attached hydrogens (primary N) is 1. The molecule has 3 N–H and O–H groups in total. The van der Waals surface area contributed by atoms with Gasteiger partial charge in [0.05, 0.1) is 11.2 Å². The third-order valence-corrected chi connectivity index (χ3v) is 3.61. The Bertz CT molecular complexity index is 409. The summed E-state index contributed by atoms with van der Waals surface area (Å²) in [7, 11) is -0.624. The minimum absolute atomic E-state index is 0.100. The fourth-order valence-corrected chi connectivity index (χ4v) is 1.79. The lowest BCUT2D eigenvalue weighted by Crippen LogP contribution is -2.41. The van der Waals surface area contributed by atoms with Crippen molar-refractivity contribution in [2.45, 2.75) is 38.9 Å². The molecular weight excluding hydrogens is 217 g/mol. The highest BCUT2D eigenvalue weighted by atomic mass is 16.7. The van der Waals surface area contributed by atoms with Gasteiger partial charge in [0.15, 0.2) is 0 Å². The van der Waals surface area contributed by atoms with Crippen molar-refractivity contribution in [1.29, 1.82) is 0 Å². The first-order valence-electron chi connectivity index (χ1n) is 5.67. The fourth-order valence-electron chi connectivity index (χ4n) is 1.79. The van der Waals surface area contributed by atoms with Gasteiger partial charge in [-0.1, -0.05) is 6.07 Å². The molecule has 4 nitrogen and oxygen atoms in total. The van der Waals surface area contributed by atoms with E-state index in [2.05, 4.69) is 0 Å². The van der Waals surface area contributed by atoms with Gasteiger partial charge in [0, 0.05) is 11.2 Å². The van der Waals surface area contributed by atoms with E-state index in [1.807, 2.05) is 27.7 Å². The van der Waals surface area contributed by atoms with E-state index >= 15 is 0 Å². The molecule has 1 aliphatic heterocycles. The molecule has 0 spiro atoms. The maximum Gasteiger partial charge on any atom is 0.500 e. The summed E-state index contributed by atoms with van der Waals surface area (Å²) >= 11 is 0. The first-order valence-corrected chi connectivity index (χ1v) is 5.67. The molecule has 2 rings (SSSR count). The van der Waals surface area contributed by atoms with Crippen LogP contribution in [0.1, 0.15) is 27.7 Å². The van der Waals surface area contributed by atoms with Crippen LogP contribution in [0.3, 0.4) is 0 Å². The molecule has 0 atom stereocenters. The molecule has 0 radical (unpaired) electrons. The number of anilines is 1. The Morgan fingerprint density at radius 2 is 1.65 bits per heavy atom. The average molecular weight is 235 g/mol. The second-order valence-corrected chi connectivity index (χ2v) is 5.37. The van der Waals surface area contributed by atoms with Crippen LogP contribution in [0.4, 0.5) is 5.69 Å². The van der Waals surface area contributed by atoms with E-state index in [1.54, 1.807) is 18.2 Å². The van der Waals surface area contributed by atoms with Crippen molar-refractivity contribution in [2.24, 2.45) is 0 Å². The van der Waals surface area contributed by atoms with E-state index in [0.29, 0.717) is 11.2 Å². The van der Waals surface area contributed by atoms with Crippen LogP contribution in [-0.4, -0.2) is 23.4 Å². The molecule has 92 valence electrons.